The van der Waals surface area contributed by atoms with E-state index in [0.717, 1.165) is 12.5 Å². The van der Waals surface area contributed by atoms with Crippen molar-refractivity contribution in [1.82, 2.24) is 0 Å². The maximum atomic E-state index is 5.43. The highest BCUT2D eigenvalue weighted by atomic mass is 32.2. The van der Waals surface area contributed by atoms with Gasteiger partial charge in [0.1, 0.15) is 0 Å². The molecule has 0 aliphatic heterocycles. The van der Waals surface area contributed by atoms with Crippen LogP contribution in [0.1, 0.15) is 77.6 Å². The molecule has 0 N–H and O–H groups in total. The van der Waals surface area contributed by atoms with E-state index in [9.17, 15) is 0 Å². The number of unbranched alkanes of at least 4 members (excludes halogenated alkanes) is 9. The molecule has 0 rings (SSSR count). The molecule has 0 bridgehead atoms. The van der Waals surface area contributed by atoms with E-state index in [1.807, 2.05) is 0 Å². The fourth-order valence-electron chi connectivity index (χ4n) is 2.74. The quantitative estimate of drug-likeness (QED) is 0.223. The first kappa shape index (κ1) is 23.4. The van der Waals surface area contributed by atoms with Crippen molar-refractivity contribution < 1.29 is 13.3 Å². The van der Waals surface area contributed by atoms with Crippen molar-refractivity contribution in [3.05, 3.63) is 0 Å². The van der Waals surface area contributed by atoms with Crippen LogP contribution in [0.15, 0.2) is 0 Å². The van der Waals surface area contributed by atoms with Gasteiger partial charge in [0.15, 0.2) is 0 Å². The maximum Gasteiger partial charge on any atom is 0.500 e. The van der Waals surface area contributed by atoms with Crippen LogP contribution in [0.3, 0.4) is 0 Å². The van der Waals surface area contributed by atoms with Crippen molar-refractivity contribution >= 4 is 20.6 Å². The lowest BCUT2D eigenvalue weighted by atomic mass is 10.1. The molecule has 140 valence electrons. The van der Waals surface area contributed by atoms with Crippen molar-refractivity contribution in [2.24, 2.45) is 0 Å². The molecule has 0 atom stereocenters. The lowest BCUT2D eigenvalue weighted by molar-refractivity contribution is 0.123. The van der Waals surface area contributed by atoms with Crippen LogP contribution in [0.5, 0.6) is 0 Å². The molecule has 0 radical (unpaired) electrons. The largest absolute Gasteiger partial charge is 0.500 e. The van der Waals surface area contributed by atoms with E-state index >= 15 is 0 Å². The van der Waals surface area contributed by atoms with E-state index in [1.54, 1.807) is 21.3 Å². The van der Waals surface area contributed by atoms with Crippen LogP contribution in [-0.2, 0) is 13.3 Å². The SMILES string of the molecule is CCCCCCCCCCCCSCCC[Si](OC)(OC)OC. The number of thioether (sulfide) groups is 1. The number of hydrogen-bond acceptors (Lipinski definition) is 4. The predicted octanol–water partition coefficient (Wildman–Crippen LogP) is 5.91. The summed E-state index contributed by atoms with van der Waals surface area (Å²) >= 11 is 2.06. The summed E-state index contributed by atoms with van der Waals surface area (Å²) in [5.41, 5.74) is 0. The van der Waals surface area contributed by atoms with Gasteiger partial charge in [0, 0.05) is 27.4 Å². The van der Waals surface area contributed by atoms with Gasteiger partial charge in [-0.1, -0.05) is 64.7 Å². The standard InChI is InChI=1S/C18H40O3SSi/c1-5-6-7-8-9-10-11-12-13-14-16-22-17-15-18-23(19-2,20-3)21-4/h5-18H2,1-4H3. The Balaban J connectivity index is 3.25. The molecule has 0 aliphatic rings. The Bertz CT molecular complexity index is 230. The first-order valence-electron chi connectivity index (χ1n) is 9.48. The summed E-state index contributed by atoms with van der Waals surface area (Å²) in [5, 5.41) is 0. The molecule has 3 nitrogen and oxygen atoms in total. The van der Waals surface area contributed by atoms with E-state index < -0.39 is 8.80 Å². The zero-order chi connectivity index (χ0) is 17.2. The fourth-order valence-corrected chi connectivity index (χ4v) is 5.68. The zero-order valence-corrected chi connectivity index (χ0v) is 17.8. The molecule has 0 saturated carbocycles. The van der Waals surface area contributed by atoms with E-state index in [2.05, 4.69) is 18.7 Å². The molecule has 23 heavy (non-hydrogen) atoms. The third kappa shape index (κ3) is 13.4. The molecule has 0 spiro atoms. The topological polar surface area (TPSA) is 27.7 Å². The Hall–Kier alpha value is 0.447. The van der Waals surface area contributed by atoms with Gasteiger partial charge < -0.3 is 13.3 Å². The summed E-state index contributed by atoms with van der Waals surface area (Å²) in [4.78, 5) is 0. The van der Waals surface area contributed by atoms with Gasteiger partial charge in [-0.15, -0.1) is 0 Å². The monoisotopic (exact) mass is 364 g/mol. The van der Waals surface area contributed by atoms with Gasteiger partial charge in [0.2, 0.25) is 0 Å². The predicted molar refractivity (Wildman–Crippen MR) is 105 cm³/mol. The van der Waals surface area contributed by atoms with Crippen molar-refractivity contribution in [1.29, 1.82) is 0 Å². The first-order valence-corrected chi connectivity index (χ1v) is 12.6. The van der Waals surface area contributed by atoms with Gasteiger partial charge >= 0.3 is 8.80 Å². The Morgan fingerprint density at radius 2 is 1.04 bits per heavy atom. The molecule has 0 amide bonds. The van der Waals surface area contributed by atoms with Crippen LogP contribution in [0, 0.1) is 0 Å². The van der Waals surface area contributed by atoms with Gasteiger partial charge in [-0.25, -0.2) is 0 Å². The van der Waals surface area contributed by atoms with E-state index in [1.165, 1.54) is 75.7 Å². The second kappa shape index (κ2) is 17.3. The maximum absolute atomic E-state index is 5.43. The first-order chi connectivity index (χ1) is 11.2. The van der Waals surface area contributed by atoms with Gasteiger partial charge in [-0.05, 0) is 24.3 Å². The lowest BCUT2D eigenvalue weighted by Gasteiger charge is -2.24. The van der Waals surface area contributed by atoms with Crippen molar-refractivity contribution in [3.63, 3.8) is 0 Å². The van der Waals surface area contributed by atoms with Gasteiger partial charge in [0.25, 0.3) is 0 Å². The van der Waals surface area contributed by atoms with Gasteiger partial charge in [-0.2, -0.15) is 11.8 Å². The molecule has 0 heterocycles. The van der Waals surface area contributed by atoms with Crippen LogP contribution >= 0.6 is 11.8 Å². The van der Waals surface area contributed by atoms with Crippen LogP contribution in [0.25, 0.3) is 0 Å². The second-order valence-electron chi connectivity index (χ2n) is 6.19. The van der Waals surface area contributed by atoms with Crippen molar-refractivity contribution in [2.45, 2.75) is 83.6 Å². The third-order valence-corrected chi connectivity index (χ3v) is 8.33. The summed E-state index contributed by atoms with van der Waals surface area (Å²) in [6, 6.07) is 0.918. The summed E-state index contributed by atoms with van der Waals surface area (Å²) in [5.74, 6) is 2.47. The lowest BCUT2D eigenvalue weighted by Crippen LogP contribution is -2.42. The summed E-state index contributed by atoms with van der Waals surface area (Å²) in [6.07, 6.45) is 15.3. The van der Waals surface area contributed by atoms with Crippen LogP contribution in [0.4, 0.5) is 0 Å². The highest BCUT2D eigenvalue weighted by Gasteiger charge is 2.36. The van der Waals surface area contributed by atoms with E-state index in [0.29, 0.717) is 0 Å². The Labute approximate surface area is 150 Å². The molecular formula is C18H40O3SSi. The zero-order valence-electron chi connectivity index (χ0n) is 16.0. The molecule has 0 saturated heterocycles. The highest BCUT2D eigenvalue weighted by Crippen LogP contribution is 2.18. The molecule has 0 aromatic heterocycles. The average molecular weight is 365 g/mol. The van der Waals surface area contributed by atoms with Gasteiger partial charge in [0.05, 0.1) is 0 Å². The second-order valence-corrected chi connectivity index (χ2v) is 10.5. The summed E-state index contributed by atoms with van der Waals surface area (Å²) in [6.45, 7) is 2.28. The van der Waals surface area contributed by atoms with E-state index in [-0.39, 0.29) is 0 Å². The highest BCUT2D eigenvalue weighted by molar-refractivity contribution is 7.99. The molecular weight excluding hydrogens is 324 g/mol. The van der Waals surface area contributed by atoms with Crippen molar-refractivity contribution in [2.75, 3.05) is 32.8 Å². The molecule has 0 unspecified atom stereocenters. The Kier molecular flexibility index (Phi) is 17.6. The van der Waals surface area contributed by atoms with Crippen molar-refractivity contribution in [3.8, 4) is 0 Å². The third-order valence-electron chi connectivity index (χ3n) is 4.35. The van der Waals surface area contributed by atoms with Gasteiger partial charge in [-0.3, -0.25) is 0 Å². The minimum absolute atomic E-state index is 0.918. The van der Waals surface area contributed by atoms with Crippen LogP contribution in [-0.4, -0.2) is 41.6 Å². The molecule has 0 aliphatic carbocycles. The smallest absolute Gasteiger partial charge is 0.377 e. The number of rotatable bonds is 18. The van der Waals surface area contributed by atoms with Crippen LogP contribution < -0.4 is 0 Å². The molecule has 0 fully saturated rings. The van der Waals surface area contributed by atoms with E-state index in [4.69, 9.17) is 13.3 Å². The minimum atomic E-state index is -2.33. The number of hydrogen-bond donors (Lipinski definition) is 0. The molecule has 5 heteroatoms. The molecule has 0 aromatic carbocycles. The van der Waals surface area contributed by atoms with Crippen LogP contribution in [0.2, 0.25) is 6.04 Å². The summed E-state index contributed by atoms with van der Waals surface area (Å²) in [7, 11) is 2.74. The molecule has 0 aromatic rings. The Morgan fingerprint density at radius 1 is 0.609 bits per heavy atom. The fraction of sp³-hybridized carbons (Fsp3) is 1.00. The minimum Gasteiger partial charge on any atom is -0.377 e. The average Bonchev–Trinajstić information content (AvgIpc) is 2.59. The normalized spacial score (nSPS) is 12.0. The summed E-state index contributed by atoms with van der Waals surface area (Å²) < 4.78 is 16.3. The Morgan fingerprint density at radius 3 is 1.52 bits per heavy atom.